The predicted molar refractivity (Wildman–Crippen MR) is 50.6 cm³/mol. The Labute approximate surface area is 97.6 Å². The maximum absolute atomic E-state index is 12.0. The summed E-state index contributed by atoms with van der Waals surface area (Å²) in [4.78, 5) is 6.56. The van der Waals surface area contributed by atoms with Gasteiger partial charge in [0.15, 0.2) is 10.3 Å². The summed E-state index contributed by atoms with van der Waals surface area (Å²) in [5, 5.41) is -1.07. The Morgan fingerprint density at radius 3 is 2.00 bits per heavy atom. The maximum Gasteiger partial charge on any atom is 0.516 e. The lowest BCUT2D eigenvalue weighted by Crippen LogP contribution is -2.30. The Hall–Kier alpha value is -0.800. The van der Waals surface area contributed by atoms with Gasteiger partial charge < -0.3 is 0 Å². The number of aromatic nitrogens is 2. The number of hydrogen-bond acceptors (Lipinski definition) is 4. The highest BCUT2D eigenvalue weighted by Crippen LogP contribution is 2.31. The van der Waals surface area contributed by atoms with Crippen molar-refractivity contribution in [2.45, 2.75) is 5.51 Å². The first kappa shape index (κ1) is 13.3. The standard InChI is InChI=1S/C5H2Cl2F3N3O2S/c6-3-2(4(7)12-1-11-3)13-16(14,15)5(8,9)10/h1,13H. The molecule has 0 saturated heterocycles. The summed E-state index contributed by atoms with van der Waals surface area (Å²) in [6.07, 6.45) is 0.871. The van der Waals surface area contributed by atoms with Crippen molar-refractivity contribution in [3.8, 4) is 0 Å². The molecule has 0 unspecified atom stereocenters. The number of hydrogen-bond donors (Lipinski definition) is 1. The molecule has 0 aliphatic carbocycles. The van der Waals surface area contributed by atoms with Crippen LogP contribution in [0.15, 0.2) is 6.33 Å². The van der Waals surface area contributed by atoms with Crippen LogP contribution < -0.4 is 4.72 Å². The van der Waals surface area contributed by atoms with E-state index in [4.69, 9.17) is 23.2 Å². The molecule has 16 heavy (non-hydrogen) atoms. The predicted octanol–water partition coefficient (Wildman–Crippen LogP) is 2.04. The van der Waals surface area contributed by atoms with E-state index < -0.39 is 31.5 Å². The number of alkyl halides is 3. The highest BCUT2D eigenvalue weighted by molar-refractivity contribution is 7.93. The van der Waals surface area contributed by atoms with Crippen molar-refractivity contribution in [2.75, 3.05) is 4.72 Å². The lowest BCUT2D eigenvalue weighted by Gasteiger charge is -2.11. The van der Waals surface area contributed by atoms with E-state index in [9.17, 15) is 21.6 Å². The molecule has 0 aromatic carbocycles. The van der Waals surface area contributed by atoms with Crippen LogP contribution in [0.25, 0.3) is 0 Å². The van der Waals surface area contributed by atoms with E-state index in [2.05, 4.69) is 9.97 Å². The minimum atomic E-state index is -5.59. The fraction of sp³-hybridized carbons (Fsp3) is 0.200. The molecule has 11 heteroatoms. The molecule has 0 fully saturated rings. The molecule has 5 nitrogen and oxygen atoms in total. The molecule has 0 saturated carbocycles. The smallest absolute Gasteiger partial charge is 0.270 e. The molecule has 0 aliphatic heterocycles. The van der Waals surface area contributed by atoms with E-state index >= 15 is 0 Å². The van der Waals surface area contributed by atoms with Crippen molar-refractivity contribution in [2.24, 2.45) is 0 Å². The van der Waals surface area contributed by atoms with Gasteiger partial charge in [0.2, 0.25) is 0 Å². The number of rotatable bonds is 2. The molecule has 90 valence electrons. The van der Waals surface area contributed by atoms with E-state index in [1.807, 2.05) is 0 Å². The van der Waals surface area contributed by atoms with Crippen molar-refractivity contribution >= 4 is 38.9 Å². The van der Waals surface area contributed by atoms with Crippen molar-refractivity contribution in [3.63, 3.8) is 0 Å². The first-order chi connectivity index (χ1) is 7.15. The highest BCUT2D eigenvalue weighted by Gasteiger charge is 2.46. The third-order valence-corrected chi connectivity index (χ3v) is 2.95. The second-order valence-electron chi connectivity index (χ2n) is 2.38. The van der Waals surface area contributed by atoms with Gasteiger partial charge in [-0.15, -0.1) is 0 Å². The summed E-state index contributed by atoms with van der Waals surface area (Å²) >= 11 is 10.7. The van der Waals surface area contributed by atoms with Gasteiger partial charge >= 0.3 is 15.5 Å². The Morgan fingerprint density at radius 2 is 1.62 bits per heavy atom. The van der Waals surface area contributed by atoms with E-state index in [1.165, 1.54) is 0 Å². The van der Waals surface area contributed by atoms with Crippen LogP contribution in [0.4, 0.5) is 18.9 Å². The van der Waals surface area contributed by atoms with Gasteiger partial charge in [-0.05, 0) is 0 Å². The van der Waals surface area contributed by atoms with Crippen LogP contribution in [-0.4, -0.2) is 23.9 Å². The van der Waals surface area contributed by atoms with Crippen molar-refractivity contribution < 1.29 is 21.6 Å². The monoisotopic (exact) mass is 295 g/mol. The van der Waals surface area contributed by atoms with Crippen LogP contribution in [0.1, 0.15) is 0 Å². The number of nitrogens with zero attached hydrogens (tertiary/aromatic N) is 2. The van der Waals surface area contributed by atoms with Crippen molar-refractivity contribution in [1.29, 1.82) is 0 Å². The van der Waals surface area contributed by atoms with Gasteiger partial charge in [-0.3, -0.25) is 4.72 Å². The number of anilines is 1. The van der Waals surface area contributed by atoms with E-state index in [0.29, 0.717) is 0 Å². The minimum Gasteiger partial charge on any atom is -0.270 e. The normalized spacial score (nSPS) is 12.6. The van der Waals surface area contributed by atoms with Gasteiger partial charge in [-0.1, -0.05) is 23.2 Å². The number of halogens is 5. The average molecular weight is 296 g/mol. The van der Waals surface area contributed by atoms with Crippen LogP contribution in [0.2, 0.25) is 10.3 Å². The third-order valence-electron chi connectivity index (χ3n) is 1.30. The molecule has 1 heterocycles. The zero-order valence-electron chi connectivity index (χ0n) is 7.09. The average Bonchev–Trinajstić information content (AvgIpc) is 2.10. The zero-order valence-corrected chi connectivity index (χ0v) is 9.41. The zero-order chi connectivity index (χ0) is 12.6. The van der Waals surface area contributed by atoms with Gasteiger partial charge in [0.1, 0.15) is 12.0 Å². The molecule has 0 radical (unpaired) electrons. The molecule has 1 rings (SSSR count). The molecule has 0 aliphatic rings. The quantitative estimate of drug-likeness (QED) is 0.848. The molecule has 0 bridgehead atoms. The molecule has 0 amide bonds. The summed E-state index contributed by atoms with van der Waals surface area (Å²) in [6, 6.07) is 0. The SMILES string of the molecule is O=S(=O)(Nc1c(Cl)ncnc1Cl)C(F)(F)F. The first-order valence-corrected chi connectivity index (χ1v) is 5.64. The Balaban J connectivity index is 3.17. The summed E-state index contributed by atoms with van der Waals surface area (Å²) in [6.45, 7) is 0. The van der Waals surface area contributed by atoms with E-state index in [0.717, 1.165) is 11.0 Å². The Bertz CT molecular complexity index is 484. The molecule has 1 aromatic heterocycles. The van der Waals surface area contributed by atoms with Crippen LogP contribution in [0.5, 0.6) is 0 Å². The summed E-state index contributed by atoms with van der Waals surface area (Å²) < 4.78 is 58.6. The summed E-state index contributed by atoms with van der Waals surface area (Å²) in [5.41, 5.74) is -6.20. The lowest BCUT2D eigenvalue weighted by atomic mass is 10.6. The van der Waals surface area contributed by atoms with Crippen LogP contribution >= 0.6 is 23.2 Å². The third kappa shape index (κ3) is 2.66. The molecule has 1 N–H and O–H groups in total. The molecule has 1 aromatic rings. The van der Waals surface area contributed by atoms with Crippen LogP contribution in [0, 0.1) is 0 Å². The van der Waals surface area contributed by atoms with Gasteiger partial charge in [0.05, 0.1) is 0 Å². The first-order valence-electron chi connectivity index (χ1n) is 3.40. The molecule has 0 atom stereocenters. The van der Waals surface area contributed by atoms with Crippen LogP contribution in [-0.2, 0) is 10.0 Å². The maximum atomic E-state index is 12.0. The topological polar surface area (TPSA) is 72.0 Å². The number of nitrogens with one attached hydrogen (secondary N) is 1. The fourth-order valence-electron chi connectivity index (χ4n) is 0.621. The second kappa shape index (κ2) is 4.22. The van der Waals surface area contributed by atoms with Crippen LogP contribution in [0.3, 0.4) is 0 Å². The van der Waals surface area contributed by atoms with Gasteiger partial charge in [0, 0.05) is 0 Å². The molecule has 0 spiro atoms. The van der Waals surface area contributed by atoms with Gasteiger partial charge in [-0.2, -0.15) is 21.6 Å². The molecular formula is C5H2Cl2F3N3O2S. The summed E-state index contributed by atoms with van der Waals surface area (Å²) in [7, 11) is -5.59. The largest absolute Gasteiger partial charge is 0.516 e. The van der Waals surface area contributed by atoms with Gasteiger partial charge in [0.25, 0.3) is 0 Å². The Kier molecular flexibility index (Phi) is 3.50. The minimum absolute atomic E-state index is 0.534. The highest BCUT2D eigenvalue weighted by atomic mass is 35.5. The van der Waals surface area contributed by atoms with E-state index in [-0.39, 0.29) is 0 Å². The van der Waals surface area contributed by atoms with E-state index in [1.54, 1.807) is 0 Å². The van der Waals surface area contributed by atoms with Crippen molar-refractivity contribution in [1.82, 2.24) is 9.97 Å². The summed E-state index contributed by atoms with van der Waals surface area (Å²) in [5.74, 6) is 0. The number of sulfonamides is 1. The Morgan fingerprint density at radius 1 is 1.19 bits per heavy atom. The molecular weight excluding hydrogens is 294 g/mol. The van der Waals surface area contributed by atoms with Crippen molar-refractivity contribution in [3.05, 3.63) is 16.6 Å². The fourth-order valence-corrected chi connectivity index (χ4v) is 1.72. The second-order valence-corrected chi connectivity index (χ2v) is 4.77. The van der Waals surface area contributed by atoms with Gasteiger partial charge in [-0.25, -0.2) is 9.97 Å². The lowest BCUT2D eigenvalue weighted by molar-refractivity contribution is -0.0429.